The highest BCUT2D eigenvalue weighted by Gasteiger charge is 2.46. The van der Waals surface area contributed by atoms with Crippen LogP contribution in [0, 0.1) is 11.8 Å². The smallest absolute Gasteiger partial charge is 0.226 e. The van der Waals surface area contributed by atoms with E-state index in [1.807, 2.05) is 24.1 Å². The number of likely N-dealkylation sites (tertiary alicyclic amines) is 1. The van der Waals surface area contributed by atoms with Crippen LogP contribution in [0.1, 0.15) is 30.7 Å². The first kappa shape index (κ1) is 16.1. The molecule has 1 aromatic heterocycles. The normalized spacial score (nSPS) is 29.0. The second-order valence-corrected chi connectivity index (χ2v) is 7.58. The topological polar surface area (TPSA) is 50.6 Å². The number of carbonyl (C=O) groups excluding carboxylic acids is 1. The molecule has 0 aromatic carbocycles. The van der Waals surface area contributed by atoms with Crippen molar-refractivity contribution in [2.75, 3.05) is 45.9 Å². The number of morpholine rings is 1. The Bertz CT molecular complexity index is 573. The lowest BCUT2D eigenvalue weighted by molar-refractivity contribution is -0.134. The van der Waals surface area contributed by atoms with Gasteiger partial charge in [0.2, 0.25) is 5.91 Å². The molecule has 132 valence electrons. The van der Waals surface area contributed by atoms with Gasteiger partial charge in [-0.25, -0.2) is 0 Å². The molecular formula is C18H28N4O2. The number of aromatic nitrogens is 2. The van der Waals surface area contributed by atoms with Crippen LogP contribution < -0.4 is 0 Å². The molecule has 6 nitrogen and oxygen atoms in total. The van der Waals surface area contributed by atoms with Crippen LogP contribution >= 0.6 is 0 Å². The maximum atomic E-state index is 12.7. The fourth-order valence-electron chi connectivity index (χ4n) is 4.19. The first-order valence-corrected chi connectivity index (χ1v) is 9.28. The molecule has 2 unspecified atom stereocenters. The number of piperidine rings is 1. The van der Waals surface area contributed by atoms with Gasteiger partial charge in [0, 0.05) is 51.9 Å². The van der Waals surface area contributed by atoms with Gasteiger partial charge in [-0.15, -0.1) is 0 Å². The summed E-state index contributed by atoms with van der Waals surface area (Å²) < 4.78 is 7.24. The van der Waals surface area contributed by atoms with Crippen molar-refractivity contribution in [3.8, 4) is 0 Å². The van der Waals surface area contributed by atoms with Gasteiger partial charge in [-0.1, -0.05) is 0 Å². The molecule has 2 atom stereocenters. The van der Waals surface area contributed by atoms with Gasteiger partial charge in [0.1, 0.15) is 0 Å². The zero-order valence-electron chi connectivity index (χ0n) is 14.6. The zero-order valence-corrected chi connectivity index (χ0v) is 14.6. The van der Waals surface area contributed by atoms with E-state index in [4.69, 9.17) is 4.74 Å². The molecule has 0 bridgehead atoms. The highest BCUT2D eigenvalue weighted by molar-refractivity contribution is 5.83. The van der Waals surface area contributed by atoms with E-state index >= 15 is 0 Å². The second kappa shape index (κ2) is 6.84. The molecule has 3 fully saturated rings. The summed E-state index contributed by atoms with van der Waals surface area (Å²) in [7, 11) is 1.93. The molecule has 4 rings (SSSR count). The fraction of sp³-hybridized carbons (Fsp3) is 0.778. The number of hydrogen-bond acceptors (Lipinski definition) is 4. The van der Waals surface area contributed by atoms with Crippen LogP contribution in [-0.2, 0) is 16.6 Å². The van der Waals surface area contributed by atoms with Gasteiger partial charge < -0.3 is 9.64 Å². The standard InChI is InChI=1S/C18H28N4O2/c1-20-13-15(11-19-20)16-10-17(16)18(23)22-4-2-14(3-5-22)12-21-6-8-24-9-7-21/h11,13-14,16-17H,2-10,12H2,1H3. The summed E-state index contributed by atoms with van der Waals surface area (Å²) in [5, 5.41) is 4.23. The molecule has 0 N–H and O–H groups in total. The molecule has 3 aliphatic rings. The van der Waals surface area contributed by atoms with Gasteiger partial charge >= 0.3 is 0 Å². The number of amides is 1. The lowest BCUT2D eigenvalue weighted by Crippen LogP contribution is -2.44. The van der Waals surface area contributed by atoms with E-state index in [9.17, 15) is 4.79 Å². The van der Waals surface area contributed by atoms with Crippen molar-refractivity contribution in [2.45, 2.75) is 25.2 Å². The average Bonchev–Trinajstić information content (AvgIpc) is 3.30. The number of hydrogen-bond donors (Lipinski definition) is 0. The van der Waals surface area contributed by atoms with E-state index in [2.05, 4.69) is 14.9 Å². The summed E-state index contributed by atoms with van der Waals surface area (Å²) in [6.45, 7) is 6.91. The molecule has 6 heteroatoms. The number of rotatable bonds is 4. The maximum Gasteiger partial charge on any atom is 0.226 e. The van der Waals surface area contributed by atoms with E-state index in [0.29, 0.717) is 11.8 Å². The summed E-state index contributed by atoms with van der Waals surface area (Å²) in [6.07, 6.45) is 7.25. The Morgan fingerprint density at radius 2 is 2.00 bits per heavy atom. The van der Waals surface area contributed by atoms with E-state index in [0.717, 1.165) is 64.6 Å². The first-order chi connectivity index (χ1) is 11.7. The van der Waals surface area contributed by atoms with Crippen LogP contribution in [0.4, 0.5) is 0 Å². The van der Waals surface area contributed by atoms with E-state index < -0.39 is 0 Å². The minimum Gasteiger partial charge on any atom is -0.379 e. The van der Waals surface area contributed by atoms with E-state index in [1.165, 1.54) is 12.1 Å². The molecular weight excluding hydrogens is 304 g/mol. The third-order valence-corrected chi connectivity index (χ3v) is 5.81. The highest BCUT2D eigenvalue weighted by Crippen LogP contribution is 2.48. The molecule has 2 saturated heterocycles. The summed E-state index contributed by atoms with van der Waals surface area (Å²) in [6, 6.07) is 0. The van der Waals surface area contributed by atoms with Crippen molar-refractivity contribution in [2.24, 2.45) is 18.9 Å². The molecule has 2 aliphatic heterocycles. The summed E-state index contributed by atoms with van der Waals surface area (Å²) in [5.74, 6) is 1.71. The predicted molar refractivity (Wildman–Crippen MR) is 90.6 cm³/mol. The first-order valence-electron chi connectivity index (χ1n) is 9.28. The molecule has 3 heterocycles. The third kappa shape index (κ3) is 3.49. The minimum atomic E-state index is 0.199. The molecule has 1 aliphatic carbocycles. The highest BCUT2D eigenvalue weighted by atomic mass is 16.5. The van der Waals surface area contributed by atoms with Crippen LogP contribution in [-0.4, -0.2) is 71.4 Å². The van der Waals surface area contributed by atoms with Crippen molar-refractivity contribution < 1.29 is 9.53 Å². The quantitative estimate of drug-likeness (QED) is 0.828. The van der Waals surface area contributed by atoms with Crippen molar-refractivity contribution >= 4 is 5.91 Å². The fourth-order valence-corrected chi connectivity index (χ4v) is 4.19. The van der Waals surface area contributed by atoms with Crippen LogP contribution in [0.5, 0.6) is 0 Å². The predicted octanol–water partition coefficient (Wildman–Crippen LogP) is 1.09. The van der Waals surface area contributed by atoms with Gasteiger partial charge in [-0.3, -0.25) is 14.4 Å². The van der Waals surface area contributed by atoms with Gasteiger partial charge in [-0.05, 0) is 36.7 Å². The summed E-state index contributed by atoms with van der Waals surface area (Å²) in [5.41, 5.74) is 1.22. The Labute approximate surface area is 143 Å². The van der Waals surface area contributed by atoms with Crippen molar-refractivity contribution in [1.82, 2.24) is 19.6 Å². The molecule has 1 amide bonds. The molecule has 0 radical (unpaired) electrons. The lowest BCUT2D eigenvalue weighted by Gasteiger charge is -2.36. The molecule has 24 heavy (non-hydrogen) atoms. The lowest BCUT2D eigenvalue weighted by atomic mass is 9.95. The molecule has 1 aromatic rings. The minimum absolute atomic E-state index is 0.199. The monoisotopic (exact) mass is 332 g/mol. The Balaban J connectivity index is 1.23. The van der Waals surface area contributed by atoms with Crippen molar-refractivity contribution in [3.63, 3.8) is 0 Å². The van der Waals surface area contributed by atoms with Crippen molar-refractivity contribution in [1.29, 1.82) is 0 Å². The van der Waals surface area contributed by atoms with Gasteiger partial charge in [0.15, 0.2) is 0 Å². The molecule has 1 saturated carbocycles. The van der Waals surface area contributed by atoms with Gasteiger partial charge in [-0.2, -0.15) is 5.10 Å². The Hall–Kier alpha value is -1.40. The molecule has 0 spiro atoms. The average molecular weight is 332 g/mol. The zero-order chi connectivity index (χ0) is 16.5. The van der Waals surface area contributed by atoms with Crippen LogP contribution in [0.15, 0.2) is 12.4 Å². The Morgan fingerprint density at radius 1 is 1.25 bits per heavy atom. The Kier molecular flexibility index (Phi) is 4.59. The largest absolute Gasteiger partial charge is 0.379 e. The SMILES string of the molecule is Cn1cc(C2CC2C(=O)N2CCC(CN3CCOCC3)CC2)cn1. The van der Waals surface area contributed by atoms with Crippen LogP contribution in [0.2, 0.25) is 0 Å². The van der Waals surface area contributed by atoms with Crippen molar-refractivity contribution in [3.05, 3.63) is 18.0 Å². The Morgan fingerprint density at radius 3 is 2.67 bits per heavy atom. The van der Waals surface area contributed by atoms with Crippen LogP contribution in [0.25, 0.3) is 0 Å². The second-order valence-electron chi connectivity index (χ2n) is 7.58. The van der Waals surface area contributed by atoms with Gasteiger partial charge in [0.25, 0.3) is 0 Å². The van der Waals surface area contributed by atoms with E-state index in [-0.39, 0.29) is 5.92 Å². The summed E-state index contributed by atoms with van der Waals surface area (Å²) in [4.78, 5) is 17.3. The third-order valence-electron chi connectivity index (χ3n) is 5.81. The summed E-state index contributed by atoms with van der Waals surface area (Å²) >= 11 is 0. The maximum absolute atomic E-state index is 12.7. The van der Waals surface area contributed by atoms with Crippen LogP contribution in [0.3, 0.4) is 0 Å². The number of nitrogens with zero attached hydrogens (tertiary/aromatic N) is 4. The number of carbonyl (C=O) groups is 1. The van der Waals surface area contributed by atoms with Gasteiger partial charge in [0.05, 0.1) is 19.4 Å². The number of aryl methyl sites for hydroxylation is 1. The number of ether oxygens (including phenoxy) is 1. The van der Waals surface area contributed by atoms with E-state index in [1.54, 1.807) is 0 Å².